The first-order valence-corrected chi connectivity index (χ1v) is 8.78. The maximum atomic E-state index is 13.0. The van der Waals surface area contributed by atoms with Crippen LogP contribution in [0.3, 0.4) is 0 Å². The molecular weight excluding hydrogens is 370 g/mol. The number of hydrogen-bond donors (Lipinski definition) is 5. The minimum Gasteiger partial charge on any atom is -0.508 e. The third-order valence-corrected chi connectivity index (χ3v) is 4.54. The Bertz CT molecular complexity index is 750. The van der Waals surface area contributed by atoms with Gasteiger partial charge in [-0.05, 0) is 30.5 Å². The molecule has 152 valence electrons. The second-order valence-electron chi connectivity index (χ2n) is 6.66. The normalized spacial score (nSPS) is 18.3. The van der Waals surface area contributed by atoms with Gasteiger partial charge >= 0.3 is 11.9 Å². The Morgan fingerprint density at radius 3 is 2.39 bits per heavy atom. The number of hydrogen-bond acceptors (Lipinski definition) is 6. The fourth-order valence-corrected chi connectivity index (χ4v) is 3.11. The molecule has 10 heteroatoms. The molecule has 10 nitrogen and oxygen atoms in total. The summed E-state index contributed by atoms with van der Waals surface area (Å²) in [6, 6.07) is 2.54. The van der Waals surface area contributed by atoms with E-state index in [9.17, 15) is 29.4 Å². The number of amides is 2. The van der Waals surface area contributed by atoms with Crippen LogP contribution in [0.15, 0.2) is 24.3 Å². The Morgan fingerprint density at radius 1 is 1.18 bits per heavy atom. The van der Waals surface area contributed by atoms with Gasteiger partial charge in [-0.25, -0.2) is 4.79 Å². The zero-order valence-electron chi connectivity index (χ0n) is 15.1. The van der Waals surface area contributed by atoms with Crippen molar-refractivity contribution in [3.63, 3.8) is 0 Å². The average molecular weight is 393 g/mol. The summed E-state index contributed by atoms with van der Waals surface area (Å²) in [7, 11) is 0. The van der Waals surface area contributed by atoms with Gasteiger partial charge < -0.3 is 31.3 Å². The number of benzene rings is 1. The highest BCUT2D eigenvalue weighted by Gasteiger charge is 2.38. The first-order valence-electron chi connectivity index (χ1n) is 8.78. The van der Waals surface area contributed by atoms with Gasteiger partial charge in [-0.1, -0.05) is 12.1 Å². The van der Waals surface area contributed by atoms with E-state index in [4.69, 9.17) is 10.8 Å². The van der Waals surface area contributed by atoms with E-state index in [0.717, 1.165) is 0 Å². The van der Waals surface area contributed by atoms with Crippen molar-refractivity contribution < 1.29 is 34.5 Å². The lowest BCUT2D eigenvalue weighted by Crippen LogP contribution is -2.55. The Hall–Kier alpha value is -3.14. The maximum Gasteiger partial charge on any atom is 0.326 e. The molecule has 1 fully saturated rings. The van der Waals surface area contributed by atoms with Crippen LogP contribution in [0, 0.1) is 0 Å². The van der Waals surface area contributed by atoms with Crippen LogP contribution in [0.4, 0.5) is 0 Å². The number of rotatable bonds is 8. The van der Waals surface area contributed by atoms with Gasteiger partial charge in [0.25, 0.3) is 0 Å². The van der Waals surface area contributed by atoms with Gasteiger partial charge in [0.1, 0.15) is 17.8 Å². The zero-order valence-corrected chi connectivity index (χ0v) is 15.1. The Kier molecular flexibility index (Phi) is 6.94. The van der Waals surface area contributed by atoms with Crippen LogP contribution >= 0.6 is 0 Å². The molecule has 0 aliphatic carbocycles. The van der Waals surface area contributed by atoms with Crippen molar-refractivity contribution in [3.8, 4) is 5.75 Å². The molecule has 1 aliphatic rings. The number of aliphatic carboxylic acids is 2. The summed E-state index contributed by atoms with van der Waals surface area (Å²) in [5.74, 6) is -3.73. The highest BCUT2D eigenvalue weighted by atomic mass is 16.4. The van der Waals surface area contributed by atoms with Crippen molar-refractivity contribution in [1.82, 2.24) is 10.2 Å². The van der Waals surface area contributed by atoms with Crippen LogP contribution in [0.25, 0.3) is 0 Å². The fraction of sp³-hybridized carbons (Fsp3) is 0.444. The molecule has 1 aromatic carbocycles. The van der Waals surface area contributed by atoms with Crippen molar-refractivity contribution in [2.75, 3.05) is 6.54 Å². The number of nitrogens with two attached hydrogens (primary N) is 1. The van der Waals surface area contributed by atoms with E-state index in [0.29, 0.717) is 18.4 Å². The number of carboxylic acids is 2. The number of carbonyl (C=O) groups is 4. The van der Waals surface area contributed by atoms with Gasteiger partial charge in [0.2, 0.25) is 11.8 Å². The largest absolute Gasteiger partial charge is 0.508 e. The van der Waals surface area contributed by atoms with E-state index < -0.39 is 48.3 Å². The lowest BCUT2D eigenvalue weighted by atomic mass is 10.0. The van der Waals surface area contributed by atoms with Gasteiger partial charge in [-0.3, -0.25) is 14.4 Å². The molecule has 28 heavy (non-hydrogen) atoms. The van der Waals surface area contributed by atoms with Crippen LogP contribution in [-0.2, 0) is 25.6 Å². The Morgan fingerprint density at radius 2 is 1.82 bits per heavy atom. The molecule has 0 saturated carbocycles. The molecule has 1 saturated heterocycles. The highest BCUT2D eigenvalue weighted by Crippen LogP contribution is 2.20. The first kappa shape index (κ1) is 21.2. The first-order chi connectivity index (χ1) is 13.2. The summed E-state index contributed by atoms with van der Waals surface area (Å²) in [5.41, 5.74) is 6.18. The van der Waals surface area contributed by atoms with E-state index in [1.54, 1.807) is 12.1 Å². The highest BCUT2D eigenvalue weighted by molar-refractivity contribution is 5.93. The van der Waals surface area contributed by atoms with E-state index in [-0.39, 0.29) is 18.7 Å². The maximum absolute atomic E-state index is 13.0. The summed E-state index contributed by atoms with van der Waals surface area (Å²) >= 11 is 0. The van der Waals surface area contributed by atoms with Crippen LogP contribution < -0.4 is 11.1 Å². The van der Waals surface area contributed by atoms with E-state index in [1.807, 2.05) is 0 Å². The number of carboxylic acid groups (broad SMARTS) is 2. The topological polar surface area (TPSA) is 170 Å². The average Bonchev–Trinajstić information content (AvgIpc) is 3.11. The van der Waals surface area contributed by atoms with E-state index in [1.165, 1.54) is 17.0 Å². The molecule has 1 aliphatic heterocycles. The molecule has 2 rings (SSSR count). The molecule has 2 amide bonds. The summed E-state index contributed by atoms with van der Waals surface area (Å²) < 4.78 is 0. The van der Waals surface area contributed by atoms with Crippen LogP contribution in [0.5, 0.6) is 5.75 Å². The van der Waals surface area contributed by atoms with E-state index in [2.05, 4.69) is 5.32 Å². The lowest BCUT2D eigenvalue weighted by molar-refractivity contribution is -0.149. The number of nitrogens with one attached hydrogen (secondary N) is 1. The number of nitrogens with zero attached hydrogens (tertiary/aromatic N) is 1. The lowest BCUT2D eigenvalue weighted by Gasteiger charge is -2.28. The molecule has 0 unspecified atom stereocenters. The molecular formula is C18H23N3O7. The molecule has 3 atom stereocenters. The van der Waals surface area contributed by atoms with Gasteiger partial charge in [0, 0.05) is 13.0 Å². The molecule has 0 spiro atoms. The number of likely N-dealkylation sites (tertiary alicyclic amines) is 1. The molecule has 0 bridgehead atoms. The predicted octanol–water partition coefficient (Wildman–Crippen LogP) is -0.703. The van der Waals surface area contributed by atoms with Crippen LogP contribution in [0.2, 0.25) is 0 Å². The van der Waals surface area contributed by atoms with Crippen molar-refractivity contribution in [2.24, 2.45) is 5.73 Å². The van der Waals surface area contributed by atoms with Crippen molar-refractivity contribution in [1.29, 1.82) is 0 Å². The third-order valence-electron chi connectivity index (χ3n) is 4.54. The Labute approximate surface area is 160 Å². The summed E-state index contributed by atoms with van der Waals surface area (Å²) in [6.45, 7) is 0.249. The van der Waals surface area contributed by atoms with Gasteiger partial charge in [-0.15, -0.1) is 0 Å². The smallest absolute Gasteiger partial charge is 0.326 e. The van der Waals surface area contributed by atoms with Crippen molar-refractivity contribution in [3.05, 3.63) is 29.8 Å². The van der Waals surface area contributed by atoms with Crippen molar-refractivity contribution in [2.45, 2.75) is 43.8 Å². The minimum atomic E-state index is -1.35. The number of aromatic hydroxyl groups is 1. The quantitative estimate of drug-likeness (QED) is 0.386. The summed E-state index contributed by atoms with van der Waals surface area (Å²) in [4.78, 5) is 48.6. The molecule has 1 aromatic rings. The minimum absolute atomic E-state index is 0.0321. The number of phenolic OH excluding ortho intramolecular Hbond substituents is 1. The standard InChI is InChI=1S/C18H23N3O7/c19-12(9-15(23)24)16(25)20-13(8-10-3-5-11(22)6-4-10)17(26)21-7-1-2-14(21)18(27)28/h3-6,12-14,22H,1-2,7-9,19H2,(H,20,25)(H,23,24)(H,27,28)/t12-,13-,14-/m0/s1. The zero-order chi connectivity index (χ0) is 20.8. The monoisotopic (exact) mass is 393 g/mol. The molecule has 6 N–H and O–H groups in total. The molecule has 0 aromatic heterocycles. The predicted molar refractivity (Wildman–Crippen MR) is 96.3 cm³/mol. The van der Waals surface area contributed by atoms with Crippen LogP contribution in [-0.4, -0.2) is 68.6 Å². The van der Waals surface area contributed by atoms with Crippen molar-refractivity contribution >= 4 is 23.8 Å². The van der Waals surface area contributed by atoms with Gasteiger partial charge in [-0.2, -0.15) is 0 Å². The number of phenols is 1. The van der Waals surface area contributed by atoms with E-state index >= 15 is 0 Å². The Balaban J connectivity index is 2.20. The molecule has 0 radical (unpaired) electrons. The van der Waals surface area contributed by atoms with Gasteiger partial charge in [0.05, 0.1) is 12.5 Å². The number of carbonyl (C=O) groups excluding carboxylic acids is 2. The summed E-state index contributed by atoms with van der Waals surface area (Å²) in [5, 5.41) is 29.9. The fourth-order valence-electron chi connectivity index (χ4n) is 3.11. The second-order valence-corrected chi connectivity index (χ2v) is 6.66. The second kappa shape index (κ2) is 9.18. The van der Waals surface area contributed by atoms with Gasteiger partial charge in [0.15, 0.2) is 0 Å². The molecule has 1 heterocycles. The summed E-state index contributed by atoms with van der Waals surface area (Å²) in [6.07, 6.45) is 0.279. The SMILES string of the molecule is N[C@@H](CC(=O)O)C(=O)N[C@@H](Cc1ccc(O)cc1)C(=O)N1CCC[C@H]1C(=O)O. The third kappa shape index (κ3) is 5.43. The van der Waals surface area contributed by atoms with Crippen LogP contribution in [0.1, 0.15) is 24.8 Å².